The van der Waals surface area contributed by atoms with Crippen molar-refractivity contribution in [1.82, 2.24) is 0 Å². The molecule has 0 unspecified atom stereocenters. The zero-order chi connectivity index (χ0) is 14.4. The Morgan fingerprint density at radius 3 is 2.75 bits per heavy atom. The first-order valence-corrected chi connectivity index (χ1v) is 7.32. The lowest BCUT2D eigenvalue weighted by atomic mass is 10.1. The maximum atomic E-state index is 13.1. The topological polar surface area (TPSA) is 26.3 Å². The molecule has 0 saturated heterocycles. The molecular weight excluding hydrogens is 275 g/mol. The Hall–Kier alpha value is -1.81. The summed E-state index contributed by atoms with van der Waals surface area (Å²) < 4.78 is 18.5. The number of benzene rings is 2. The lowest BCUT2D eigenvalue weighted by molar-refractivity contribution is 0.101. The molecule has 2 nitrogen and oxygen atoms in total. The van der Waals surface area contributed by atoms with Crippen molar-refractivity contribution < 1.29 is 13.9 Å². The minimum atomic E-state index is -0.294. The molecule has 0 fully saturated rings. The minimum Gasteiger partial charge on any atom is -0.493 e. The molecular formula is C16H15FO2S. The number of carbonyl (C=O) groups is 1. The molecule has 0 bridgehead atoms. The molecule has 2 aromatic rings. The summed E-state index contributed by atoms with van der Waals surface area (Å²) in [7, 11) is 0. The van der Waals surface area contributed by atoms with Crippen LogP contribution in [-0.4, -0.2) is 18.1 Å². The Bertz CT molecular complexity index is 599. The van der Waals surface area contributed by atoms with Gasteiger partial charge in [0, 0.05) is 4.90 Å². The minimum absolute atomic E-state index is 0.0247. The molecule has 0 radical (unpaired) electrons. The van der Waals surface area contributed by atoms with Gasteiger partial charge in [-0.25, -0.2) is 4.39 Å². The van der Waals surface area contributed by atoms with Crippen molar-refractivity contribution in [2.24, 2.45) is 0 Å². The Morgan fingerprint density at radius 1 is 1.20 bits per heavy atom. The van der Waals surface area contributed by atoms with E-state index in [9.17, 15) is 9.18 Å². The molecule has 0 atom stereocenters. The number of thioether (sulfide) groups is 1. The van der Waals surface area contributed by atoms with Gasteiger partial charge >= 0.3 is 0 Å². The van der Waals surface area contributed by atoms with E-state index in [2.05, 4.69) is 0 Å². The zero-order valence-corrected chi connectivity index (χ0v) is 12.0. The molecule has 2 rings (SSSR count). The van der Waals surface area contributed by atoms with Crippen LogP contribution in [0.1, 0.15) is 17.3 Å². The smallest absolute Gasteiger partial charge is 0.176 e. The zero-order valence-electron chi connectivity index (χ0n) is 11.1. The van der Waals surface area contributed by atoms with Gasteiger partial charge in [0.1, 0.15) is 11.6 Å². The second-order valence-electron chi connectivity index (χ2n) is 4.10. The van der Waals surface area contributed by atoms with Crippen molar-refractivity contribution in [1.29, 1.82) is 0 Å². The van der Waals surface area contributed by atoms with E-state index in [0.717, 1.165) is 4.90 Å². The van der Waals surface area contributed by atoms with Crippen LogP contribution in [0, 0.1) is 5.82 Å². The molecule has 0 heterocycles. The number of ketones is 1. The predicted octanol–water partition coefficient (Wildman–Crippen LogP) is 4.20. The van der Waals surface area contributed by atoms with Crippen LogP contribution in [0.15, 0.2) is 53.4 Å². The van der Waals surface area contributed by atoms with E-state index in [0.29, 0.717) is 17.9 Å². The molecule has 0 aliphatic carbocycles. The van der Waals surface area contributed by atoms with Crippen LogP contribution in [0.4, 0.5) is 4.39 Å². The fourth-order valence-corrected chi connectivity index (χ4v) is 2.59. The summed E-state index contributed by atoms with van der Waals surface area (Å²) in [6, 6.07) is 13.4. The Balaban J connectivity index is 2.05. The van der Waals surface area contributed by atoms with Crippen LogP contribution in [-0.2, 0) is 0 Å². The number of carbonyl (C=O) groups excluding carboxylic acids is 1. The molecule has 0 saturated carbocycles. The molecule has 0 spiro atoms. The van der Waals surface area contributed by atoms with Crippen molar-refractivity contribution in [3.8, 4) is 5.75 Å². The summed E-state index contributed by atoms with van der Waals surface area (Å²) in [4.78, 5) is 12.9. The van der Waals surface area contributed by atoms with E-state index >= 15 is 0 Å². The van der Waals surface area contributed by atoms with Crippen molar-refractivity contribution in [3.63, 3.8) is 0 Å². The van der Waals surface area contributed by atoms with Crippen molar-refractivity contribution in [2.45, 2.75) is 11.8 Å². The van der Waals surface area contributed by atoms with Crippen LogP contribution < -0.4 is 4.74 Å². The number of para-hydroxylation sites is 1. The number of hydrogen-bond donors (Lipinski definition) is 0. The van der Waals surface area contributed by atoms with Gasteiger partial charge in [0.15, 0.2) is 5.78 Å². The fraction of sp³-hybridized carbons (Fsp3) is 0.188. The molecule has 104 valence electrons. The SMILES string of the molecule is CCOc1ccccc1C(=O)CSc1cccc(F)c1. The van der Waals surface area contributed by atoms with Gasteiger partial charge in [-0.3, -0.25) is 4.79 Å². The van der Waals surface area contributed by atoms with Crippen molar-refractivity contribution in [3.05, 3.63) is 59.9 Å². The van der Waals surface area contributed by atoms with Gasteiger partial charge in [0.25, 0.3) is 0 Å². The lowest BCUT2D eigenvalue weighted by Crippen LogP contribution is -2.06. The number of halogens is 1. The highest BCUT2D eigenvalue weighted by atomic mass is 32.2. The molecule has 0 aromatic heterocycles. The largest absolute Gasteiger partial charge is 0.493 e. The number of hydrogen-bond acceptors (Lipinski definition) is 3. The monoisotopic (exact) mass is 290 g/mol. The summed E-state index contributed by atoms with van der Waals surface area (Å²) in [5.41, 5.74) is 0.568. The third-order valence-corrected chi connectivity index (χ3v) is 3.65. The third kappa shape index (κ3) is 3.84. The molecule has 0 amide bonds. The fourth-order valence-electron chi connectivity index (χ4n) is 1.76. The van der Waals surface area contributed by atoms with Crippen molar-refractivity contribution >= 4 is 17.5 Å². The summed E-state index contributed by atoms with van der Waals surface area (Å²) in [6.45, 7) is 2.39. The van der Waals surface area contributed by atoms with E-state index < -0.39 is 0 Å². The predicted molar refractivity (Wildman–Crippen MR) is 79.1 cm³/mol. The van der Waals surface area contributed by atoms with E-state index in [4.69, 9.17) is 4.74 Å². The van der Waals surface area contributed by atoms with Crippen LogP contribution in [0.25, 0.3) is 0 Å². The second-order valence-corrected chi connectivity index (χ2v) is 5.15. The number of rotatable bonds is 6. The first kappa shape index (κ1) is 14.6. The Kier molecular flexibility index (Phi) is 5.18. The highest BCUT2D eigenvalue weighted by Crippen LogP contribution is 2.23. The van der Waals surface area contributed by atoms with Gasteiger partial charge in [-0.15, -0.1) is 11.8 Å². The highest BCUT2D eigenvalue weighted by Gasteiger charge is 2.12. The molecule has 2 aromatic carbocycles. The average molecular weight is 290 g/mol. The van der Waals surface area contributed by atoms with Crippen LogP contribution in [0.2, 0.25) is 0 Å². The number of Topliss-reactive ketones (excluding diaryl/α,β-unsaturated/α-hetero) is 1. The molecule has 20 heavy (non-hydrogen) atoms. The lowest BCUT2D eigenvalue weighted by Gasteiger charge is -2.08. The van der Waals surface area contributed by atoms with Gasteiger partial charge < -0.3 is 4.74 Å². The van der Waals surface area contributed by atoms with Gasteiger partial charge in [-0.1, -0.05) is 18.2 Å². The summed E-state index contributed by atoms with van der Waals surface area (Å²) >= 11 is 1.32. The Labute approximate surface area is 122 Å². The average Bonchev–Trinajstić information content (AvgIpc) is 2.46. The maximum absolute atomic E-state index is 13.1. The van der Waals surface area contributed by atoms with E-state index in [-0.39, 0.29) is 17.4 Å². The summed E-state index contributed by atoms with van der Waals surface area (Å²) in [6.07, 6.45) is 0. The maximum Gasteiger partial charge on any atom is 0.176 e. The van der Waals surface area contributed by atoms with Gasteiger partial charge in [-0.05, 0) is 37.3 Å². The second kappa shape index (κ2) is 7.10. The summed E-state index contributed by atoms with van der Waals surface area (Å²) in [5.74, 6) is 0.536. The van der Waals surface area contributed by atoms with Crippen molar-refractivity contribution in [2.75, 3.05) is 12.4 Å². The van der Waals surface area contributed by atoms with Gasteiger partial charge in [0.05, 0.1) is 17.9 Å². The van der Waals surface area contributed by atoms with Gasteiger partial charge in [0.2, 0.25) is 0 Å². The standard InChI is InChI=1S/C16H15FO2S/c1-2-19-16-9-4-3-8-14(16)15(18)11-20-13-7-5-6-12(17)10-13/h3-10H,2,11H2,1H3. The van der Waals surface area contributed by atoms with E-state index in [1.807, 2.05) is 19.1 Å². The van der Waals surface area contributed by atoms with E-state index in [1.165, 1.54) is 23.9 Å². The van der Waals surface area contributed by atoms with E-state index in [1.54, 1.807) is 24.3 Å². The highest BCUT2D eigenvalue weighted by molar-refractivity contribution is 8.00. The Morgan fingerprint density at radius 2 is 2.00 bits per heavy atom. The van der Waals surface area contributed by atoms with Gasteiger partial charge in [-0.2, -0.15) is 0 Å². The first-order chi connectivity index (χ1) is 9.70. The van der Waals surface area contributed by atoms with Crippen LogP contribution in [0.5, 0.6) is 5.75 Å². The summed E-state index contributed by atoms with van der Waals surface area (Å²) in [5, 5.41) is 0. The molecule has 0 aliphatic rings. The molecule has 4 heteroatoms. The first-order valence-electron chi connectivity index (χ1n) is 6.34. The molecule has 0 N–H and O–H groups in total. The number of ether oxygens (including phenoxy) is 1. The van der Waals surface area contributed by atoms with Crippen LogP contribution in [0.3, 0.4) is 0 Å². The quantitative estimate of drug-likeness (QED) is 0.589. The normalized spacial score (nSPS) is 10.3. The molecule has 0 aliphatic heterocycles. The van der Waals surface area contributed by atoms with Crippen LogP contribution >= 0.6 is 11.8 Å². The third-order valence-electron chi connectivity index (χ3n) is 2.65.